The first-order valence-corrected chi connectivity index (χ1v) is 9.00. The van der Waals surface area contributed by atoms with Gasteiger partial charge in [0, 0.05) is 32.2 Å². The molecule has 0 bridgehead atoms. The Labute approximate surface area is 169 Å². The third kappa shape index (κ3) is 3.98. The van der Waals surface area contributed by atoms with Crippen LogP contribution in [0.3, 0.4) is 0 Å². The molecular formula is C18H19F3N6O3. The van der Waals surface area contributed by atoms with E-state index < -0.39 is 28.3 Å². The molecule has 160 valence electrons. The Morgan fingerprint density at radius 1 is 1.13 bits per heavy atom. The van der Waals surface area contributed by atoms with Gasteiger partial charge in [-0.1, -0.05) is 0 Å². The van der Waals surface area contributed by atoms with E-state index in [1.807, 2.05) is 0 Å². The Morgan fingerprint density at radius 2 is 1.73 bits per heavy atom. The predicted octanol–water partition coefficient (Wildman–Crippen LogP) is 2.45. The molecule has 1 aromatic carbocycles. The first-order valence-electron chi connectivity index (χ1n) is 9.00. The Hall–Kier alpha value is -3.44. The van der Waals surface area contributed by atoms with Gasteiger partial charge in [0.15, 0.2) is 5.82 Å². The van der Waals surface area contributed by atoms with Gasteiger partial charge in [-0.15, -0.1) is 5.10 Å². The van der Waals surface area contributed by atoms with Crippen molar-refractivity contribution in [2.75, 3.05) is 36.0 Å². The van der Waals surface area contributed by atoms with Gasteiger partial charge in [-0.05, 0) is 31.5 Å². The maximum Gasteiger partial charge on any atom is 0.416 e. The number of carbonyl (C=O) groups is 1. The lowest BCUT2D eigenvalue weighted by Crippen LogP contribution is -2.47. The molecule has 0 atom stereocenters. The van der Waals surface area contributed by atoms with E-state index in [1.165, 1.54) is 0 Å². The number of anilines is 2. The molecule has 30 heavy (non-hydrogen) atoms. The Balaban J connectivity index is 1.86. The zero-order valence-electron chi connectivity index (χ0n) is 16.2. The van der Waals surface area contributed by atoms with Gasteiger partial charge in [-0.3, -0.25) is 14.9 Å². The van der Waals surface area contributed by atoms with Gasteiger partial charge in [0.05, 0.1) is 21.7 Å². The first kappa shape index (κ1) is 21.3. The summed E-state index contributed by atoms with van der Waals surface area (Å²) in [5, 5.41) is 19.5. The maximum absolute atomic E-state index is 12.9. The van der Waals surface area contributed by atoms with Gasteiger partial charge >= 0.3 is 6.18 Å². The van der Waals surface area contributed by atoms with Crippen LogP contribution < -0.4 is 15.5 Å². The molecule has 2 heterocycles. The lowest BCUT2D eigenvalue weighted by Gasteiger charge is -2.37. The van der Waals surface area contributed by atoms with Crippen LogP contribution in [0.25, 0.3) is 0 Å². The average Bonchev–Trinajstić information content (AvgIpc) is 2.68. The summed E-state index contributed by atoms with van der Waals surface area (Å²) < 4.78 is 38.7. The number of piperazine rings is 1. The molecule has 12 heteroatoms. The number of amides is 1. The summed E-state index contributed by atoms with van der Waals surface area (Å²) in [4.78, 5) is 25.8. The van der Waals surface area contributed by atoms with Crippen molar-refractivity contribution in [3.63, 3.8) is 0 Å². The molecule has 0 spiro atoms. The van der Waals surface area contributed by atoms with Crippen molar-refractivity contribution in [1.82, 2.24) is 10.2 Å². The molecule has 2 aromatic rings. The Kier molecular flexibility index (Phi) is 5.51. The van der Waals surface area contributed by atoms with E-state index in [0.29, 0.717) is 36.2 Å². The van der Waals surface area contributed by atoms with Crippen molar-refractivity contribution in [2.24, 2.45) is 5.73 Å². The van der Waals surface area contributed by atoms with Gasteiger partial charge in [0.1, 0.15) is 5.69 Å². The summed E-state index contributed by atoms with van der Waals surface area (Å²) >= 11 is 0. The van der Waals surface area contributed by atoms with Crippen molar-refractivity contribution in [3.8, 4) is 0 Å². The summed E-state index contributed by atoms with van der Waals surface area (Å²) in [6, 6.07) is 2.48. The van der Waals surface area contributed by atoms with Crippen molar-refractivity contribution in [3.05, 3.63) is 50.7 Å². The molecular weight excluding hydrogens is 405 g/mol. The number of nitro groups is 1. The topological polar surface area (TPSA) is 118 Å². The summed E-state index contributed by atoms with van der Waals surface area (Å²) in [5.41, 5.74) is 5.38. The molecule has 0 aliphatic carbocycles. The second kappa shape index (κ2) is 7.76. The van der Waals surface area contributed by atoms with Crippen LogP contribution in [0, 0.1) is 24.0 Å². The highest BCUT2D eigenvalue weighted by atomic mass is 19.4. The molecule has 1 amide bonds. The number of halogens is 3. The van der Waals surface area contributed by atoms with Crippen LogP contribution in [0.5, 0.6) is 0 Å². The summed E-state index contributed by atoms with van der Waals surface area (Å²) in [6.07, 6.45) is -4.67. The predicted molar refractivity (Wildman–Crippen MR) is 103 cm³/mol. The van der Waals surface area contributed by atoms with Crippen LogP contribution in [0.1, 0.15) is 27.2 Å². The minimum atomic E-state index is -4.67. The van der Waals surface area contributed by atoms with Crippen molar-refractivity contribution >= 4 is 23.1 Å². The Morgan fingerprint density at radius 3 is 2.27 bits per heavy atom. The summed E-state index contributed by atoms with van der Waals surface area (Å²) in [7, 11) is 0. The standard InChI is InChI=1S/C18H19F3N6O3/c1-10-11(2)23-24-17(15(10)16(22)28)26-7-5-25(6-8-26)13-4-3-12(18(19,20)21)9-14(13)27(29)30/h3-4,9H,5-8H2,1-2H3,(H2,22,28). The first-order chi connectivity index (χ1) is 14.0. The number of carbonyl (C=O) groups excluding carboxylic acids is 1. The number of benzene rings is 1. The van der Waals surface area contributed by atoms with Crippen LogP contribution in [-0.2, 0) is 6.18 Å². The second-order valence-corrected chi connectivity index (χ2v) is 6.91. The minimum absolute atomic E-state index is 0.106. The molecule has 1 fully saturated rings. The molecule has 3 rings (SSSR count). The highest BCUT2D eigenvalue weighted by Gasteiger charge is 2.34. The molecule has 1 saturated heterocycles. The number of aromatic nitrogens is 2. The molecule has 0 radical (unpaired) electrons. The molecule has 0 unspecified atom stereocenters. The van der Waals surface area contributed by atoms with Crippen molar-refractivity contribution < 1.29 is 22.9 Å². The number of nitrogens with two attached hydrogens (primary N) is 1. The zero-order valence-corrected chi connectivity index (χ0v) is 16.2. The molecule has 9 nitrogen and oxygen atoms in total. The number of alkyl halides is 3. The van der Waals surface area contributed by atoms with Crippen molar-refractivity contribution in [1.29, 1.82) is 0 Å². The van der Waals surface area contributed by atoms with Crippen LogP contribution in [0.4, 0.5) is 30.4 Å². The Bertz CT molecular complexity index is 1000. The third-order valence-electron chi connectivity index (χ3n) is 5.10. The maximum atomic E-state index is 12.9. The molecule has 2 N–H and O–H groups in total. The second-order valence-electron chi connectivity index (χ2n) is 6.91. The number of primary amides is 1. The van der Waals surface area contributed by atoms with E-state index in [1.54, 1.807) is 23.6 Å². The lowest BCUT2D eigenvalue weighted by atomic mass is 10.1. The van der Waals surface area contributed by atoms with Crippen LogP contribution >= 0.6 is 0 Å². The zero-order chi connectivity index (χ0) is 22.2. The lowest BCUT2D eigenvalue weighted by molar-refractivity contribution is -0.384. The van der Waals surface area contributed by atoms with Gasteiger partial charge in [-0.2, -0.15) is 18.3 Å². The van der Waals surface area contributed by atoms with Crippen LogP contribution in [0.2, 0.25) is 0 Å². The summed E-state index contributed by atoms with van der Waals surface area (Å²) in [6.45, 7) is 4.64. The third-order valence-corrected chi connectivity index (χ3v) is 5.10. The number of hydrogen-bond acceptors (Lipinski definition) is 7. The van der Waals surface area contributed by atoms with E-state index in [9.17, 15) is 28.1 Å². The number of hydrogen-bond donors (Lipinski definition) is 1. The molecule has 1 aromatic heterocycles. The fourth-order valence-corrected chi connectivity index (χ4v) is 3.38. The van der Waals surface area contributed by atoms with Gasteiger partial charge in [0.25, 0.3) is 11.6 Å². The summed E-state index contributed by atoms with van der Waals surface area (Å²) in [5.74, 6) is -0.312. The SMILES string of the molecule is Cc1nnc(N2CCN(c3ccc(C(F)(F)F)cc3[N+](=O)[O-])CC2)c(C(N)=O)c1C. The van der Waals surface area contributed by atoms with Crippen LogP contribution in [-0.4, -0.2) is 47.2 Å². The fourth-order valence-electron chi connectivity index (χ4n) is 3.38. The largest absolute Gasteiger partial charge is 0.416 e. The fraction of sp³-hybridized carbons (Fsp3) is 0.389. The minimum Gasteiger partial charge on any atom is -0.365 e. The van der Waals surface area contributed by atoms with Gasteiger partial charge < -0.3 is 15.5 Å². The molecule has 1 aliphatic heterocycles. The number of rotatable bonds is 4. The highest BCUT2D eigenvalue weighted by Crippen LogP contribution is 2.37. The van der Waals surface area contributed by atoms with E-state index in [4.69, 9.17) is 5.73 Å². The van der Waals surface area contributed by atoms with Crippen molar-refractivity contribution in [2.45, 2.75) is 20.0 Å². The quantitative estimate of drug-likeness (QED) is 0.591. The van der Waals surface area contributed by atoms with E-state index in [0.717, 1.165) is 12.1 Å². The van der Waals surface area contributed by atoms with Crippen LogP contribution in [0.15, 0.2) is 18.2 Å². The monoisotopic (exact) mass is 424 g/mol. The number of nitrogens with zero attached hydrogens (tertiary/aromatic N) is 5. The van der Waals surface area contributed by atoms with E-state index >= 15 is 0 Å². The smallest absolute Gasteiger partial charge is 0.365 e. The van der Waals surface area contributed by atoms with E-state index in [2.05, 4.69) is 10.2 Å². The highest BCUT2D eigenvalue weighted by molar-refractivity contribution is 5.99. The number of aryl methyl sites for hydroxylation is 1. The normalized spacial score (nSPS) is 14.7. The van der Waals surface area contributed by atoms with Gasteiger partial charge in [0.2, 0.25) is 0 Å². The molecule has 1 aliphatic rings. The van der Waals surface area contributed by atoms with Gasteiger partial charge in [-0.25, -0.2) is 0 Å². The molecule has 0 saturated carbocycles. The average molecular weight is 424 g/mol. The number of nitro benzene ring substituents is 1. The van der Waals surface area contributed by atoms with E-state index in [-0.39, 0.29) is 24.3 Å².